The number of rotatable bonds is 10. The summed E-state index contributed by atoms with van der Waals surface area (Å²) in [5.74, 6) is 7.00. The minimum absolute atomic E-state index is 0.0964. The number of fused-ring (bicyclic) bond motifs is 1. The molecule has 0 aliphatic rings. The van der Waals surface area contributed by atoms with E-state index in [9.17, 15) is 13.6 Å². The Hall–Kier alpha value is -3.91. The predicted octanol–water partition coefficient (Wildman–Crippen LogP) is 6.51. The molecule has 0 unspecified atom stereocenters. The molecule has 0 atom stereocenters. The molecule has 188 valence electrons. The summed E-state index contributed by atoms with van der Waals surface area (Å²) in [6.45, 7) is 1.70. The summed E-state index contributed by atoms with van der Waals surface area (Å²) in [7, 11) is 0. The lowest BCUT2D eigenvalue weighted by Crippen LogP contribution is -2.38. The summed E-state index contributed by atoms with van der Waals surface area (Å²) in [6, 6.07) is 21.3. The number of alkyl halides is 2. The molecule has 8 heteroatoms. The summed E-state index contributed by atoms with van der Waals surface area (Å²) in [4.78, 5) is 12.9. The zero-order chi connectivity index (χ0) is 25.7. The van der Waals surface area contributed by atoms with E-state index in [0.29, 0.717) is 29.3 Å². The number of aryl methyl sites for hydroxylation is 1. The molecular formula is C28H29F2N3O3. The summed E-state index contributed by atoms with van der Waals surface area (Å²) in [6.07, 6.45) is 1.74. The van der Waals surface area contributed by atoms with Crippen LogP contribution in [0.15, 0.2) is 72.8 Å². The molecule has 1 heterocycles. The number of benzene rings is 3. The molecule has 2 N–H and O–H groups in total. The number of carbonyl (C=O) groups is 1. The second kappa shape index (κ2) is 11.2. The van der Waals surface area contributed by atoms with Crippen molar-refractivity contribution in [3.05, 3.63) is 89.5 Å². The molecule has 0 saturated carbocycles. The first-order chi connectivity index (χ1) is 17.4. The Morgan fingerprint density at radius 2 is 1.78 bits per heavy atom. The van der Waals surface area contributed by atoms with Crippen molar-refractivity contribution in [3.8, 4) is 17.4 Å². The van der Waals surface area contributed by atoms with Gasteiger partial charge in [-0.2, -0.15) is 8.78 Å². The van der Waals surface area contributed by atoms with Crippen molar-refractivity contribution in [1.29, 1.82) is 0 Å². The highest BCUT2D eigenvalue weighted by atomic mass is 19.3. The van der Waals surface area contributed by atoms with Crippen LogP contribution in [0.1, 0.15) is 41.3 Å². The lowest BCUT2D eigenvalue weighted by Gasteiger charge is -2.16. The van der Waals surface area contributed by atoms with Gasteiger partial charge in [0, 0.05) is 28.6 Å². The maximum atomic E-state index is 13.0. The van der Waals surface area contributed by atoms with Crippen LogP contribution in [0, 0.1) is 6.92 Å². The standard InChI is InChI=1S/C28H29F2N3O3/c1-3-4-16-33(31)26(34)20-14-15-24-23(17-20)19(2)27(35-22-11-6-5-7-12-22)32(24)18-21-10-8-9-13-25(21)36-28(29)30/h5-15,17,28H,3-4,16,18,31H2,1-2H3. The zero-order valence-electron chi connectivity index (χ0n) is 20.3. The topological polar surface area (TPSA) is 69.7 Å². The van der Waals surface area contributed by atoms with Crippen LogP contribution in [0.5, 0.6) is 17.4 Å². The quantitative estimate of drug-likeness (QED) is 0.155. The molecule has 36 heavy (non-hydrogen) atoms. The molecule has 4 rings (SSSR count). The fourth-order valence-corrected chi connectivity index (χ4v) is 4.13. The molecule has 4 aromatic rings. The lowest BCUT2D eigenvalue weighted by atomic mass is 10.1. The van der Waals surface area contributed by atoms with Gasteiger partial charge >= 0.3 is 6.61 Å². The number of ether oxygens (including phenoxy) is 2. The maximum Gasteiger partial charge on any atom is 0.387 e. The molecule has 0 radical (unpaired) electrons. The van der Waals surface area contributed by atoms with Crippen molar-refractivity contribution in [2.75, 3.05) is 6.54 Å². The number of hydrogen-bond donors (Lipinski definition) is 1. The second-order valence-corrected chi connectivity index (χ2v) is 8.50. The van der Waals surface area contributed by atoms with Gasteiger partial charge in [0.2, 0.25) is 5.88 Å². The Labute approximate surface area is 208 Å². The number of nitrogens with two attached hydrogens (primary N) is 1. The van der Waals surface area contributed by atoms with E-state index >= 15 is 0 Å². The number of amides is 1. The number of hydrazine groups is 1. The average Bonchev–Trinajstić information content (AvgIpc) is 3.13. The smallest absolute Gasteiger partial charge is 0.387 e. The number of para-hydroxylation sites is 2. The highest BCUT2D eigenvalue weighted by Crippen LogP contribution is 2.37. The van der Waals surface area contributed by atoms with Crippen molar-refractivity contribution in [1.82, 2.24) is 9.58 Å². The van der Waals surface area contributed by atoms with Crippen LogP contribution in [0.2, 0.25) is 0 Å². The lowest BCUT2D eigenvalue weighted by molar-refractivity contribution is -0.0504. The third kappa shape index (κ3) is 5.49. The number of hydrogen-bond acceptors (Lipinski definition) is 4. The Kier molecular flexibility index (Phi) is 7.85. The van der Waals surface area contributed by atoms with E-state index in [1.165, 1.54) is 11.1 Å². The van der Waals surface area contributed by atoms with Crippen molar-refractivity contribution in [2.45, 2.75) is 39.8 Å². The molecule has 0 fully saturated rings. The number of nitrogens with zero attached hydrogens (tertiary/aromatic N) is 2. The van der Waals surface area contributed by atoms with Gasteiger partial charge in [0.1, 0.15) is 11.5 Å². The van der Waals surface area contributed by atoms with Crippen LogP contribution < -0.4 is 15.3 Å². The van der Waals surface area contributed by atoms with Gasteiger partial charge < -0.3 is 14.0 Å². The summed E-state index contributed by atoms with van der Waals surface area (Å²) < 4.78 is 39.0. The van der Waals surface area contributed by atoms with Crippen molar-refractivity contribution >= 4 is 16.8 Å². The normalized spacial score (nSPS) is 11.2. The summed E-state index contributed by atoms with van der Waals surface area (Å²) >= 11 is 0. The molecule has 0 aliphatic heterocycles. The third-order valence-corrected chi connectivity index (χ3v) is 5.99. The van der Waals surface area contributed by atoms with Gasteiger partial charge in [-0.15, -0.1) is 0 Å². The van der Waals surface area contributed by atoms with Crippen LogP contribution in [0.3, 0.4) is 0 Å². The van der Waals surface area contributed by atoms with Crippen LogP contribution in [-0.2, 0) is 6.54 Å². The van der Waals surface area contributed by atoms with Crippen LogP contribution in [0.4, 0.5) is 8.78 Å². The molecule has 1 aromatic heterocycles. The molecule has 0 spiro atoms. The van der Waals surface area contributed by atoms with E-state index in [2.05, 4.69) is 0 Å². The number of carbonyl (C=O) groups excluding carboxylic acids is 1. The van der Waals surface area contributed by atoms with Gasteiger partial charge in [-0.25, -0.2) is 5.84 Å². The molecular weight excluding hydrogens is 464 g/mol. The van der Waals surface area contributed by atoms with Gasteiger partial charge in [0.15, 0.2) is 0 Å². The van der Waals surface area contributed by atoms with Crippen molar-refractivity contribution in [3.63, 3.8) is 0 Å². The van der Waals surface area contributed by atoms with Crippen LogP contribution >= 0.6 is 0 Å². The number of unbranched alkanes of at least 4 members (excludes halogenated alkanes) is 1. The molecule has 0 bridgehead atoms. The first-order valence-corrected chi connectivity index (χ1v) is 11.8. The fraction of sp³-hybridized carbons (Fsp3) is 0.250. The first-order valence-electron chi connectivity index (χ1n) is 11.8. The van der Waals surface area contributed by atoms with E-state index in [4.69, 9.17) is 15.3 Å². The Bertz CT molecular complexity index is 1340. The SMILES string of the molecule is CCCCN(N)C(=O)c1ccc2c(c1)c(C)c(Oc1ccccc1)n2Cc1ccccc1OC(F)F. The minimum atomic E-state index is -2.94. The molecule has 0 aliphatic carbocycles. The summed E-state index contributed by atoms with van der Waals surface area (Å²) in [5.41, 5.74) is 2.64. The number of halogens is 2. The second-order valence-electron chi connectivity index (χ2n) is 8.50. The zero-order valence-corrected chi connectivity index (χ0v) is 20.3. The van der Waals surface area contributed by atoms with E-state index in [1.807, 2.05) is 54.8 Å². The molecule has 3 aromatic carbocycles. The Morgan fingerprint density at radius 3 is 2.50 bits per heavy atom. The van der Waals surface area contributed by atoms with Gasteiger partial charge in [0.05, 0.1) is 12.1 Å². The largest absolute Gasteiger partial charge is 0.441 e. The molecule has 6 nitrogen and oxygen atoms in total. The monoisotopic (exact) mass is 493 g/mol. The highest BCUT2D eigenvalue weighted by Gasteiger charge is 2.21. The predicted molar refractivity (Wildman–Crippen MR) is 135 cm³/mol. The third-order valence-electron chi connectivity index (χ3n) is 5.99. The van der Waals surface area contributed by atoms with Crippen LogP contribution in [-0.4, -0.2) is 28.6 Å². The van der Waals surface area contributed by atoms with Gasteiger partial charge in [0.25, 0.3) is 5.91 Å². The summed E-state index contributed by atoms with van der Waals surface area (Å²) in [5, 5.41) is 2.04. The van der Waals surface area contributed by atoms with E-state index < -0.39 is 6.61 Å². The van der Waals surface area contributed by atoms with Crippen molar-refractivity contribution in [2.24, 2.45) is 5.84 Å². The van der Waals surface area contributed by atoms with Gasteiger partial charge in [-0.05, 0) is 49.7 Å². The Morgan fingerprint density at radius 1 is 1.06 bits per heavy atom. The van der Waals surface area contributed by atoms with Crippen LogP contribution in [0.25, 0.3) is 10.9 Å². The van der Waals surface area contributed by atoms with E-state index in [-0.39, 0.29) is 18.2 Å². The van der Waals surface area contributed by atoms with Crippen molar-refractivity contribution < 1.29 is 23.0 Å². The first kappa shape index (κ1) is 25.2. The Balaban J connectivity index is 1.80. The average molecular weight is 494 g/mol. The number of aromatic nitrogens is 1. The fourth-order valence-electron chi connectivity index (χ4n) is 4.13. The van der Waals surface area contributed by atoms with E-state index in [1.54, 1.807) is 30.3 Å². The minimum Gasteiger partial charge on any atom is -0.441 e. The molecule has 0 saturated heterocycles. The highest BCUT2D eigenvalue weighted by molar-refractivity contribution is 5.99. The molecule has 1 amide bonds. The van der Waals surface area contributed by atoms with Gasteiger partial charge in [-0.1, -0.05) is 49.7 Å². The maximum absolute atomic E-state index is 13.0. The van der Waals surface area contributed by atoms with E-state index in [0.717, 1.165) is 29.3 Å². The van der Waals surface area contributed by atoms with Gasteiger partial charge in [-0.3, -0.25) is 9.80 Å².